The van der Waals surface area contributed by atoms with E-state index in [1.165, 1.54) is 7.11 Å². The summed E-state index contributed by atoms with van der Waals surface area (Å²) in [6.07, 6.45) is 0.934. The van der Waals surface area contributed by atoms with Gasteiger partial charge in [-0.2, -0.15) is 0 Å². The standard InChI is InChI=1S/C15H14N4O4/c1-21-11-5-3-4-6-12(11)23-9-7-10-13(16-8-9)18-14(17-10)19-15(20)22-2/h3-8H,1-2H3,(H2,16,17,18,19,20). The van der Waals surface area contributed by atoms with Crippen molar-refractivity contribution >= 4 is 23.2 Å². The number of carbonyl (C=O) groups excluding carboxylic acids is 1. The van der Waals surface area contributed by atoms with Gasteiger partial charge in [0.25, 0.3) is 0 Å². The fraction of sp³-hybridized carbons (Fsp3) is 0.133. The molecule has 0 atom stereocenters. The molecule has 2 heterocycles. The van der Waals surface area contributed by atoms with E-state index in [0.717, 1.165) is 0 Å². The normalized spacial score (nSPS) is 10.3. The number of amides is 1. The Bertz CT molecular complexity index is 846. The highest BCUT2D eigenvalue weighted by molar-refractivity contribution is 5.85. The van der Waals surface area contributed by atoms with E-state index < -0.39 is 6.09 Å². The predicted molar refractivity (Wildman–Crippen MR) is 83.0 cm³/mol. The molecule has 0 spiro atoms. The average Bonchev–Trinajstić information content (AvgIpc) is 2.96. The number of fused-ring (bicyclic) bond motifs is 1. The molecule has 3 rings (SSSR count). The number of rotatable bonds is 4. The fourth-order valence-corrected chi connectivity index (χ4v) is 1.97. The monoisotopic (exact) mass is 314 g/mol. The number of pyridine rings is 1. The van der Waals surface area contributed by atoms with E-state index >= 15 is 0 Å². The van der Waals surface area contributed by atoms with Gasteiger partial charge in [0.2, 0.25) is 5.95 Å². The molecule has 0 aliphatic carbocycles. The highest BCUT2D eigenvalue weighted by Crippen LogP contribution is 2.31. The molecule has 0 aliphatic heterocycles. The molecule has 0 bridgehead atoms. The first-order valence-electron chi connectivity index (χ1n) is 6.71. The van der Waals surface area contributed by atoms with E-state index in [-0.39, 0.29) is 5.95 Å². The molecule has 2 aromatic heterocycles. The molecule has 8 heteroatoms. The van der Waals surface area contributed by atoms with Crippen molar-refractivity contribution in [2.24, 2.45) is 0 Å². The van der Waals surface area contributed by atoms with Crippen LogP contribution in [0.15, 0.2) is 36.5 Å². The molecule has 0 saturated carbocycles. The fourth-order valence-electron chi connectivity index (χ4n) is 1.97. The number of aromatic amines is 1. The van der Waals surface area contributed by atoms with Gasteiger partial charge in [0.05, 0.1) is 20.4 Å². The van der Waals surface area contributed by atoms with Crippen molar-refractivity contribution in [1.82, 2.24) is 15.0 Å². The summed E-state index contributed by atoms with van der Waals surface area (Å²) in [5, 5.41) is 2.44. The molecule has 0 fully saturated rings. The number of imidazole rings is 1. The molecule has 0 saturated heterocycles. The van der Waals surface area contributed by atoms with Gasteiger partial charge in [-0.15, -0.1) is 0 Å². The molecule has 8 nitrogen and oxygen atoms in total. The third-order valence-corrected chi connectivity index (χ3v) is 3.01. The Kier molecular flexibility index (Phi) is 3.96. The Morgan fingerprint density at radius 2 is 2.00 bits per heavy atom. The van der Waals surface area contributed by atoms with Crippen molar-refractivity contribution in [2.45, 2.75) is 0 Å². The number of benzene rings is 1. The molecule has 1 amide bonds. The Morgan fingerprint density at radius 3 is 2.74 bits per heavy atom. The van der Waals surface area contributed by atoms with Gasteiger partial charge in [-0.1, -0.05) is 12.1 Å². The minimum absolute atomic E-state index is 0.244. The summed E-state index contributed by atoms with van der Waals surface area (Å²) in [5.74, 6) is 1.93. The van der Waals surface area contributed by atoms with E-state index in [1.54, 1.807) is 31.5 Å². The second-order valence-corrected chi connectivity index (χ2v) is 4.49. The highest BCUT2D eigenvalue weighted by atomic mass is 16.5. The first-order chi connectivity index (χ1) is 11.2. The lowest BCUT2D eigenvalue weighted by molar-refractivity contribution is 0.186. The predicted octanol–water partition coefficient (Wildman–Crippen LogP) is 2.94. The van der Waals surface area contributed by atoms with Gasteiger partial charge in [-0.3, -0.25) is 5.32 Å². The SMILES string of the molecule is COC(=O)Nc1nc2cc(Oc3ccccc3OC)cnc2[nH]1. The van der Waals surface area contributed by atoms with Gasteiger partial charge in [0.1, 0.15) is 11.3 Å². The molecular weight excluding hydrogens is 300 g/mol. The van der Waals surface area contributed by atoms with E-state index in [1.807, 2.05) is 12.1 Å². The highest BCUT2D eigenvalue weighted by Gasteiger charge is 2.10. The summed E-state index contributed by atoms with van der Waals surface area (Å²) in [7, 11) is 2.84. The molecule has 23 heavy (non-hydrogen) atoms. The van der Waals surface area contributed by atoms with Crippen LogP contribution in [0, 0.1) is 0 Å². The average molecular weight is 314 g/mol. The minimum atomic E-state index is -0.616. The molecule has 0 unspecified atom stereocenters. The van der Waals surface area contributed by atoms with Gasteiger partial charge in [-0.25, -0.2) is 14.8 Å². The van der Waals surface area contributed by atoms with Crippen LogP contribution in [0.25, 0.3) is 11.2 Å². The number of nitrogens with one attached hydrogen (secondary N) is 2. The number of carbonyl (C=O) groups is 1. The van der Waals surface area contributed by atoms with Gasteiger partial charge < -0.3 is 19.2 Å². The molecule has 2 N–H and O–H groups in total. The quantitative estimate of drug-likeness (QED) is 0.768. The van der Waals surface area contributed by atoms with Crippen LogP contribution in [0.1, 0.15) is 0 Å². The number of ether oxygens (including phenoxy) is 3. The summed E-state index contributed by atoms with van der Waals surface area (Å²) >= 11 is 0. The Balaban J connectivity index is 1.86. The van der Waals surface area contributed by atoms with Gasteiger partial charge in [-0.05, 0) is 12.1 Å². The zero-order valence-electron chi connectivity index (χ0n) is 12.5. The second kappa shape index (κ2) is 6.22. The van der Waals surface area contributed by atoms with Crippen LogP contribution in [0.5, 0.6) is 17.2 Å². The number of hydrogen-bond donors (Lipinski definition) is 2. The lowest BCUT2D eigenvalue weighted by atomic mass is 10.3. The Labute approximate surface area is 131 Å². The van der Waals surface area contributed by atoms with Crippen molar-refractivity contribution in [3.05, 3.63) is 36.5 Å². The zero-order valence-corrected chi connectivity index (χ0v) is 12.5. The topological polar surface area (TPSA) is 98.4 Å². The molecule has 3 aromatic rings. The smallest absolute Gasteiger partial charge is 0.413 e. The van der Waals surface area contributed by atoms with E-state index in [2.05, 4.69) is 25.0 Å². The molecular formula is C15H14N4O4. The van der Waals surface area contributed by atoms with Crippen molar-refractivity contribution in [2.75, 3.05) is 19.5 Å². The maximum absolute atomic E-state index is 11.2. The number of aromatic nitrogens is 3. The van der Waals surface area contributed by atoms with Gasteiger partial charge >= 0.3 is 6.09 Å². The van der Waals surface area contributed by atoms with Crippen LogP contribution in [-0.4, -0.2) is 35.3 Å². The number of hydrogen-bond acceptors (Lipinski definition) is 6. The van der Waals surface area contributed by atoms with Crippen LogP contribution in [0.4, 0.5) is 10.7 Å². The van der Waals surface area contributed by atoms with Crippen LogP contribution >= 0.6 is 0 Å². The maximum Gasteiger partial charge on any atom is 0.413 e. The lowest BCUT2D eigenvalue weighted by Gasteiger charge is -2.09. The van der Waals surface area contributed by atoms with Crippen molar-refractivity contribution < 1.29 is 19.0 Å². The van der Waals surface area contributed by atoms with Crippen LogP contribution in [0.3, 0.4) is 0 Å². The van der Waals surface area contributed by atoms with E-state index in [0.29, 0.717) is 28.4 Å². The number of para-hydroxylation sites is 2. The summed E-state index contributed by atoms with van der Waals surface area (Å²) in [6, 6.07) is 8.99. The van der Waals surface area contributed by atoms with Crippen LogP contribution < -0.4 is 14.8 Å². The number of H-pyrrole nitrogens is 1. The zero-order chi connectivity index (χ0) is 16.2. The van der Waals surface area contributed by atoms with Crippen molar-refractivity contribution in [3.63, 3.8) is 0 Å². The van der Waals surface area contributed by atoms with Crippen molar-refractivity contribution in [1.29, 1.82) is 0 Å². The molecule has 0 aliphatic rings. The molecule has 1 aromatic carbocycles. The first kappa shape index (κ1) is 14.6. The summed E-state index contributed by atoms with van der Waals surface area (Å²) in [6.45, 7) is 0. The third kappa shape index (κ3) is 3.15. The van der Waals surface area contributed by atoms with E-state index in [4.69, 9.17) is 9.47 Å². The summed E-state index contributed by atoms with van der Waals surface area (Å²) in [4.78, 5) is 22.5. The minimum Gasteiger partial charge on any atom is -0.493 e. The lowest BCUT2D eigenvalue weighted by Crippen LogP contribution is -2.11. The van der Waals surface area contributed by atoms with Gasteiger partial charge in [0, 0.05) is 6.07 Å². The summed E-state index contributed by atoms with van der Waals surface area (Å²) < 4.78 is 15.5. The number of methoxy groups -OCH3 is 2. The third-order valence-electron chi connectivity index (χ3n) is 3.01. The number of nitrogens with zero attached hydrogens (tertiary/aromatic N) is 2. The van der Waals surface area contributed by atoms with Crippen LogP contribution in [0.2, 0.25) is 0 Å². The Hall–Kier alpha value is -3.29. The number of anilines is 1. The second-order valence-electron chi connectivity index (χ2n) is 4.49. The molecule has 118 valence electrons. The largest absolute Gasteiger partial charge is 0.493 e. The first-order valence-corrected chi connectivity index (χ1v) is 6.71. The summed E-state index contributed by atoms with van der Waals surface area (Å²) in [5.41, 5.74) is 1.06. The van der Waals surface area contributed by atoms with Gasteiger partial charge in [0.15, 0.2) is 17.1 Å². The Morgan fingerprint density at radius 1 is 1.22 bits per heavy atom. The molecule has 0 radical (unpaired) electrons. The van der Waals surface area contributed by atoms with Crippen LogP contribution in [-0.2, 0) is 4.74 Å². The maximum atomic E-state index is 11.2. The van der Waals surface area contributed by atoms with Crippen molar-refractivity contribution in [3.8, 4) is 17.2 Å². The van der Waals surface area contributed by atoms with E-state index in [9.17, 15) is 4.79 Å².